The molecule has 0 N–H and O–H groups in total. The van der Waals surface area contributed by atoms with Crippen LogP contribution in [0.25, 0.3) is 0 Å². The Kier molecular flexibility index (Phi) is 3.95. The zero-order valence-corrected chi connectivity index (χ0v) is 11.5. The molecule has 0 saturated heterocycles. The Balaban J connectivity index is 2.97. The van der Waals surface area contributed by atoms with E-state index in [0.29, 0.717) is 0 Å². The SMILES string of the molecule is Cc1ccc(C(Br)CS(C)(=O)=O)c(C)c1. The average Bonchev–Trinajstić information content (AvgIpc) is 1.99. The lowest BCUT2D eigenvalue weighted by Crippen LogP contribution is -2.09. The summed E-state index contributed by atoms with van der Waals surface area (Å²) in [4.78, 5) is -0.118. The Hall–Kier alpha value is -0.350. The van der Waals surface area contributed by atoms with Crippen molar-refractivity contribution in [2.75, 3.05) is 12.0 Å². The zero-order valence-electron chi connectivity index (χ0n) is 9.12. The molecule has 0 aliphatic carbocycles. The van der Waals surface area contributed by atoms with E-state index >= 15 is 0 Å². The van der Waals surface area contributed by atoms with Crippen LogP contribution < -0.4 is 0 Å². The van der Waals surface area contributed by atoms with Crippen LogP contribution in [0.5, 0.6) is 0 Å². The Labute approximate surface area is 99.7 Å². The zero-order chi connectivity index (χ0) is 11.6. The van der Waals surface area contributed by atoms with E-state index in [-0.39, 0.29) is 10.6 Å². The number of benzene rings is 1. The van der Waals surface area contributed by atoms with Crippen molar-refractivity contribution in [2.45, 2.75) is 18.7 Å². The highest BCUT2D eigenvalue weighted by Crippen LogP contribution is 2.27. The van der Waals surface area contributed by atoms with E-state index in [1.807, 2.05) is 26.0 Å². The second kappa shape index (κ2) is 4.66. The number of hydrogen-bond acceptors (Lipinski definition) is 2. The van der Waals surface area contributed by atoms with E-state index < -0.39 is 9.84 Å². The van der Waals surface area contributed by atoms with Crippen molar-refractivity contribution in [2.24, 2.45) is 0 Å². The monoisotopic (exact) mass is 290 g/mol. The molecule has 0 amide bonds. The van der Waals surface area contributed by atoms with Gasteiger partial charge in [0, 0.05) is 6.26 Å². The molecule has 0 spiro atoms. The standard InChI is InChI=1S/C11H15BrO2S/c1-8-4-5-10(9(2)6-8)11(12)7-15(3,13)14/h4-6,11H,7H2,1-3H3. The number of halogens is 1. The van der Waals surface area contributed by atoms with Gasteiger partial charge in [-0.2, -0.15) is 0 Å². The number of alkyl halides is 1. The third-order valence-corrected chi connectivity index (χ3v) is 4.40. The maximum Gasteiger partial charge on any atom is 0.148 e. The van der Waals surface area contributed by atoms with E-state index in [9.17, 15) is 8.42 Å². The Morgan fingerprint density at radius 1 is 1.33 bits per heavy atom. The van der Waals surface area contributed by atoms with Crippen LogP contribution in [0.2, 0.25) is 0 Å². The fourth-order valence-electron chi connectivity index (χ4n) is 1.53. The molecule has 84 valence electrons. The van der Waals surface area contributed by atoms with Crippen molar-refractivity contribution in [1.82, 2.24) is 0 Å². The van der Waals surface area contributed by atoms with Gasteiger partial charge in [-0.3, -0.25) is 0 Å². The smallest absolute Gasteiger partial charge is 0.148 e. The summed E-state index contributed by atoms with van der Waals surface area (Å²) >= 11 is 3.42. The molecule has 0 aliphatic heterocycles. The van der Waals surface area contributed by atoms with Gasteiger partial charge in [0.1, 0.15) is 9.84 Å². The van der Waals surface area contributed by atoms with Crippen LogP contribution in [0.15, 0.2) is 18.2 Å². The third-order valence-electron chi connectivity index (χ3n) is 2.21. The molecular formula is C11H15BrO2S. The van der Waals surface area contributed by atoms with Crippen molar-refractivity contribution in [3.63, 3.8) is 0 Å². The first-order valence-electron chi connectivity index (χ1n) is 4.68. The van der Waals surface area contributed by atoms with Gasteiger partial charge < -0.3 is 0 Å². The lowest BCUT2D eigenvalue weighted by molar-refractivity contribution is 0.601. The molecule has 2 nitrogen and oxygen atoms in total. The van der Waals surface area contributed by atoms with Gasteiger partial charge in [-0.05, 0) is 25.0 Å². The lowest BCUT2D eigenvalue weighted by atomic mass is 10.0. The van der Waals surface area contributed by atoms with Gasteiger partial charge in [-0.1, -0.05) is 39.7 Å². The van der Waals surface area contributed by atoms with Gasteiger partial charge in [0.25, 0.3) is 0 Å². The second-order valence-corrected chi connectivity index (χ2v) is 7.21. The molecule has 0 aromatic heterocycles. The lowest BCUT2D eigenvalue weighted by Gasteiger charge is -2.12. The molecule has 0 bridgehead atoms. The molecule has 0 fully saturated rings. The van der Waals surface area contributed by atoms with Crippen LogP contribution in [0, 0.1) is 13.8 Å². The highest BCUT2D eigenvalue weighted by atomic mass is 79.9. The maximum absolute atomic E-state index is 11.2. The Morgan fingerprint density at radius 2 is 1.93 bits per heavy atom. The molecule has 1 aromatic carbocycles. The van der Waals surface area contributed by atoms with Crippen LogP contribution in [-0.2, 0) is 9.84 Å². The second-order valence-electron chi connectivity index (χ2n) is 3.92. The van der Waals surface area contributed by atoms with E-state index in [2.05, 4.69) is 22.0 Å². The largest absolute Gasteiger partial charge is 0.229 e. The first kappa shape index (κ1) is 12.7. The summed E-state index contributed by atoms with van der Waals surface area (Å²) in [6, 6.07) is 6.04. The minimum atomic E-state index is -2.95. The van der Waals surface area contributed by atoms with Gasteiger partial charge in [-0.25, -0.2) is 8.42 Å². The topological polar surface area (TPSA) is 34.1 Å². The third kappa shape index (κ3) is 3.95. The summed E-state index contributed by atoms with van der Waals surface area (Å²) in [7, 11) is -2.95. The Morgan fingerprint density at radius 3 is 2.40 bits per heavy atom. The van der Waals surface area contributed by atoms with Crippen molar-refractivity contribution in [3.8, 4) is 0 Å². The highest BCUT2D eigenvalue weighted by Gasteiger charge is 2.15. The Bertz CT molecular complexity index is 452. The van der Waals surface area contributed by atoms with E-state index in [0.717, 1.165) is 11.1 Å². The average molecular weight is 291 g/mol. The predicted octanol–water partition coefficient (Wildman–Crippen LogP) is 2.78. The first-order chi connectivity index (χ1) is 6.79. The normalized spacial score (nSPS) is 13.9. The van der Waals surface area contributed by atoms with Crippen LogP contribution in [-0.4, -0.2) is 20.4 Å². The van der Waals surface area contributed by atoms with Crippen molar-refractivity contribution < 1.29 is 8.42 Å². The van der Waals surface area contributed by atoms with Crippen LogP contribution in [0.1, 0.15) is 21.5 Å². The molecule has 0 saturated carbocycles. The van der Waals surface area contributed by atoms with Gasteiger partial charge >= 0.3 is 0 Å². The fraction of sp³-hybridized carbons (Fsp3) is 0.455. The van der Waals surface area contributed by atoms with Crippen LogP contribution in [0.3, 0.4) is 0 Å². The minimum absolute atomic E-state index is 0.118. The first-order valence-corrected chi connectivity index (χ1v) is 7.66. The number of aryl methyl sites for hydroxylation is 2. The quantitative estimate of drug-likeness (QED) is 0.802. The van der Waals surface area contributed by atoms with Gasteiger partial charge in [0.2, 0.25) is 0 Å². The molecule has 0 heterocycles. The minimum Gasteiger partial charge on any atom is -0.229 e. The summed E-state index contributed by atoms with van der Waals surface area (Å²) in [5.74, 6) is 0.136. The molecule has 15 heavy (non-hydrogen) atoms. The number of sulfone groups is 1. The summed E-state index contributed by atoms with van der Waals surface area (Å²) in [5, 5.41) is 0. The van der Waals surface area contributed by atoms with Gasteiger partial charge in [0.15, 0.2) is 0 Å². The van der Waals surface area contributed by atoms with Crippen LogP contribution >= 0.6 is 15.9 Å². The predicted molar refractivity (Wildman–Crippen MR) is 67.3 cm³/mol. The van der Waals surface area contributed by atoms with Crippen LogP contribution in [0.4, 0.5) is 0 Å². The summed E-state index contributed by atoms with van der Waals surface area (Å²) < 4.78 is 22.3. The highest BCUT2D eigenvalue weighted by molar-refractivity contribution is 9.09. The van der Waals surface area contributed by atoms with E-state index in [1.54, 1.807) is 0 Å². The van der Waals surface area contributed by atoms with E-state index in [4.69, 9.17) is 0 Å². The summed E-state index contributed by atoms with van der Waals surface area (Å²) in [6.45, 7) is 4.02. The molecule has 0 aliphatic rings. The van der Waals surface area contributed by atoms with E-state index in [1.165, 1.54) is 11.8 Å². The molecule has 1 rings (SSSR count). The molecule has 1 aromatic rings. The van der Waals surface area contributed by atoms with Gasteiger partial charge in [-0.15, -0.1) is 0 Å². The summed E-state index contributed by atoms with van der Waals surface area (Å²) in [5.41, 5.74) is 3.36. The maximum atomic E-state index is 11.2. The number of rotatable bonds is 3. The van der Waals surface area contributed by atoms with Crippen molar-refractivity contribution >= 4 is 25.8 Å². The van der Waals surface area contributed by atoms with Gasteiger partial charge in [0.05, 0.1) is 10.6 Å². The molecule has 1 unspecified atom stereocenters. The van der Waals surface area contributed by atoms with Crippen molar-refractivity contribution in [1.29, 1.82) is 0 Å². The number of hydrogen-bond donors (Lipinski definition) is 0. The summed E-state index contributed by atoms with van der Waals surface area (Å²) in [6.07, 6.45) is 1.25. The van der Waals surface area contributed by atoms with Crippen molar-refractivity contribution in [3.05, 3.63) is 34.9 Å². The molecular weight excluding hydrogens is 276 g/mol. The molecule has 0 radical (unpaired) electrons. The molecule has 4 heteroatoms. The molecule has 1 atom stereocenters. The fourth-order valence-corrected chi connectivity index (χ4v) is 4.20.